The molecule has 2 heteroatoms. The molecule has 1 aliphatic rings. The summed E-state index contributed by atoms with van der Waals surface area (Å²) < 4.78 is 0. The Balaban J connectivity index is 0.000000293. The lowest BCUT2D eigenvalue weighted by molar-refractivity contribution is -0.122. The highest BCUT2D eigenvalue weighted by Gasteiger charge is 2.38. The van der Waals surface area contributed by atoms with Crippen molar-refractivity contribution in [3.05, 3.63) is 35.4 Å². The summed E-state index contributed by atoms with van der Waals surface area (Å²) in [7, 11) is 0. The predicted molar refractivity (Wildman–Crippen MR) is 56.5 cm³/mol. The van der Waals surface area contributed by atoms with Crippen LogP contribution in [0.1, 0.15) is 30.9 Å². The van der Waals surface area contributed by atoms with Gasteiger partial charge in [-0.3, -0.25) is 4.79 Å². The van der Waals surface area contributed by atoms with Gasteiger partial charge in [-0.2, -0.15) is 0 Å². The van der Waals surface area contributed by atoms with Crippen LogP contribution in [-0.4, -0.2) is 11.6 Å². The van der Waals surface area contributed by atoms with Crippen LogP contribution in [0.2, 0.25) is 0 Å². The molecular formula is C12H16O2. The van der Waals surface area contributed by atoms with Gasteiger partial charge in [-0.1, -0.05) is 36.8 Å². The lowest BCUT2D eigenvalue weighted by atomic mass is 9.98. The summed E-state index contributed by atoms with van der Waals surface area (Å²) in [4.78, 5) is 8.36. The summed E-state index contributed by atoms with van der Waals surface area (Å²) in [5, 5.41) is 6.89. The molecule has 1 aromatic carbocycles. The van der Waals surface area contributed by atoms with Gasteiger partial charge in [0.2, 0.25) is 0 Å². The SMILES string of the molecule is Cc1ccc(C2(C)CC2)cc1.O=CO. The first-order valence-corrected chi connectivity index (χ1v) is 4.77. The van der Waals surface area contributed by atoms with Crippen molar-refractivity contribution in [2.45, 2.75) is 32.1 Å². The number of benzene rings is 1. The van der Waals surface area contributed by atoms with Gasteiger partial charge in [-0.05, 0) is 30.7 Å². The van der Waals surface area contributed by atoms with Crippen molar-refractivity contribution in [3.8, 4) is 0 Å². The largest absolute Gasteiger partial charge is 0.483 e. The molecule has 0 heterocycles. The van der Waals surface area contributed by atoms with Crippen LogP contribution >= 0.6 is 0 Å². The van der Waals surface area contributed by atoms with Crippen LogP contribution in [0.5, 0.6) is 0 Å². The molecular weight excluding hydrogens is 176 g/mol. The summed E-state index contributed by atoms with van der Waals surface area (Å²) in [5.74, 6) is 0. The Morgan fingerprint density at radius 3 is 2.07 bits per heavy atom. The summed E-state index contributed by atoms with van der Waals surface area (Å²) >= 11 is 0. The average molecular weight is 192 g/mol. The van der Waals surface area contributed by atoms with Crippen molar-refractivity contribution < 1.29 is 9.90 Å². The lowest BCUT2D eigenvalue weighted by Gasteiger charge is -2.07. The minimum atomic E-state index is -0.250. The maximum absolute atomic E-state index is 8.36. The number of hydrogen-bond donors (Lipinski definition) is 1. The first-order chi connectivity index (χ1) is 6.62. The standard InChI is InChI=1S/C11H14.CH2O2/c1-9-3-5-10(6-4-9)11(2)7-8-11;2-1-3/h3-6H,7-8H2,1-2H3;1H,(H,2,3). The highest BCUT2D eigenvalue weighted by molar-refractivity contribution is 5.32. The molecule has 0 unspecified atom stereocenters. The third kappa shape index (κ3) is 2.59. The van der Waals surface area contributed by atoms with Crippen LogP contribution < -0.4 is 0 Å². The molecule has 14 heavy (non-hydrogen) atoms. The van der Waals surface area contributed by atoms with Crippen molar-refractivity contribution in [1.82, 2.24) is 0 Å². The molecule has 0 spiro atoms. The molecule has 1 N–H and O–H groups in total. The fourth-order valence-corrected chi connectivity index (χ4v) is 1.43. The van der Waals surface area contributed by atoms with Crippen molar-refractivity contribution in [3.63, 3.8) is 0 Å². The van der Waals surface area contributed by atoms with Gasteiger partial charge in [0, 0.05) is 0 Å². The lowest BCUT2D eigenvalue weighted by Crippen LogP contribution is -1.98. The van der Waals surface area contributed by atoms with Gasteiger partial charge >= 0.3 is 0 Å². The number of hydrogen-bond acceptors (Lipinski definition) is 1. The van der Waals surface area contributed by atoms with Gasteiger partial charge < -0.3 is 5.11 Å². The van der Waals surface area contributed by atoms with E-state index < -0.39 is 0 Å². The van der Waals surface area contributed by atoms with Crippen LogP contribution in [-0.2, 0) is 10.2 Å². The highest BCUT2D eigenvalue weighted by atomic mass is 16.3. The topological polar surface area (TPSA) is 37.3 Å². The Kier molecular flexibility index (Phi) is 3.28. The second-order valence-electron chi connectivity index (χ2n) is 4.03. The molecule has 2 nitrogen and oxygen atoms in total. The zero-order valence-corrected chi connectivity index (χ0v) is 8.66. The van der Waals surface area contributed by atoms with Crippen molar-refractivity contribution in [1.29, 1.82) is 0 Å². The van der Waals surface area contributed by atoms with E-state index >= 15 is 0 Å². The predicted octanol–water partition coefficient (Wildman–Crippen LogP) is 2.75. The summed E-state index contributed by atoms with van der Waals surface area (Å²) in [6, 6.07) is 8.95. The molecule has 0 radical (unpaired) electrons. The molecule has 1 fully saturated rings. The fraction of sp³-hybridized carbons (Fsp3) is 0.417. The van der Waals surface area contributed by atoms with E-state index in [4.69, 9.17) is 9.90 Å². The number of aryl methyl sites for hydroxylation is 1. The van der Waals surface area contributed by atoms with Gasteiger partial charge in [-0.25, -0.2) is 0 Å². The van der Waals surface area contributed by atoms with Gasteiger partial charge in [0.25, 0.3) is 6.47 Å². The molecule has 0 amide bonds. The van der Waals surface area contributed by atoms with E-state index in [0.29, 0.717) is 5.41 Å². The minimum absolute atomic E-state index is 0.250. The monoisotopic (exact) mass is 192 g/mol. The molecule has 1 aromatic rings. The van der Waals surface area contributed by atoms with Crippen LogP contribution in [0.25, 0.3) is 0 Å². The molecule has 2 rings (SSSR count). The zero-order chi connectivity index (χ0) is 10.6. The second-order valence-corrected chi connectivity index (χ2v) is 4.03. The molecule has 0 bridgehead atoms. The van der Waals surface area contributed by atoms with E-state index in [-0.39, 0.29) is 6.47 Å². The number of carboxylic acid groups (broad SMARTS) is 1. The maximum Gasteiger partial charge on any atom is 0.290 e. The van der Waals surface area contributed by atoms with Crippen LogP contribution in [0.3, 0.4) is 0 Å². The Bertz CT molecular complexity index is 297. The maximum atomic E-state index is 8.36. The first-order valence-electron chi connectivity index (χ1n) is 4.77. The summed E-state index contributed by atoms with van der Waals surface area (Å²) in [5.41, 5.74) is 3.41. The van der Waals surface area contributed by atoms with Crippen molar-refractivity contribution in [2.75, 3.05) is 0 Å². The quantitative estimate of drug-likeness (QED) is 0.695. The minimum Gasteiger partial charge on any atom is -0.483 e. The first kappa shape index (κ1) is 10.8. The molecule has 0 aromatic heterocycles. The summed E-state index contributed by atoms with van der Waals surface area (Å²) in [6.45, 7) is 4.23. The van der Waals surface area contributed by atoms with Gasteiger partial charge in [0.1, 0.15) is 0 Å². The normalized spacial score (nSPS) is 16.4. The third-order valence-corrected chi connectivity index (χ3v) is 2.75. The highest BCUT2D eigenvalue weighted by Crippen LogP contribution is 2.47. The Hall–Kier alpha value is -1.31. The molecule has 0 saturated heterocycles. The van der Waals surface area contributed by atoms with E-state index in [9.17, 15) is 0 Å². The van der Waals surface area contributed by atoms with Gasteiger partial charge in [-0.15, -0.1) is 0 Å². The third-order valence-electron chi connectivity index (χ3n) is 2.75. The van der Waals surface area contributed by atoms with E-state index in [1.165, 1.54) is 24.0 Å². The fourth-order valence-electron chi connectivity index (χ4n) is 1.43. The van der Waals surface area contributed by atoms with E-state index in [1.807, 2.05) is 0 Å². The zero-order valence-electron chi connectivity index (χ0n) is 8.66. The van der Waals surface area contributed by atoms with Crippen LogP contribution in [0.15, 0.2) is 24.3 Å². The number of carbonyl (C=O) groups is 1. The molecule has 1 aliphatic carbocycles. The van der Waals surface area contributed by atoms with E-state index in [2.05, 4.69) is 38.1 Å². The van der Waals surface area contributed by atoms with Crippen molar-refractivity contribution in [2.24, 2.45) is 0 Å². The Labute approximate surface area is 84.6 Å². The van der Waals surface area contributed by atoms with E-state index in [1.54, 1.807) is 0 Å². The van der Waals surface area contributed by atoms with Crippen LogP contribution in [0, 0.1) is 6.92 Å². The number of rotatable bonds is 1. The average Bonchev–Trinajstić information content (AvgIpc) is 2.87. The molecule has 0 aliphatic heterocycles. The molecule has 76 valence electrons. The second kappa shape index (κ2) is 4.27. The Morgan fingerprint density at radius 1 is 1.29 bits per heavy atom. The van der Waals surface area contributed by atoms with Gasteiger partial charge in [0.05, 0.1) is 0 Å². The molecule has 1 saturated carbocycles. The summed E-state index contributed by atoms with van der Waals surface area (Å²) in [6.07, 6.45) is 2.74. The van der Waals surface area contributed by atoms with Crippen LogP contribution in [0.4, 0.5) is 0 Å². The molecule has 0 atom stereocenters. The Morgan fingerprint density at radius 2 is 1.71 bits per heavy atom. The van der Waals surface area contributed by atoms with Crippen molar-refractivity contribution >= 4 is 6.47 Å². The smallest absolute Gasteiger partial charge is 0.290 e. The van der Waals surface area contributed by atoms with E-state index in [0.717, 1.165) is 0 Å². The van der Waals surface area contributed by atoms with Gasteiger partial charge in [0.15, 0.2) is 0 Å².